The highest BCUT2D eigenvalue weighted by atomic mass is 16.6. The molecule has 1 aromatic carbocycles. The third kappa shape index (κ3) is 4.19. The largest absolute Gasteiger partial charge is 0.462 e. The van der Waals surface area contributed by atoms with Gasteiger partial charge in [0.15, 0.2) is 0 Å². The van der Waals surface area contributed by atoms with Gasteiger partial charge >= 0.3 is 11.9 Å². The Morgan fingerprint density at radius 3 is 2.43 bits per heavy atom. The highest BCUT2D eigenvalue weighted by Gasteiger charge is 2.92. The van der Waals surface area contributed by atoms with Crippen LogP contribution in [0, 0.1) is 40.4 Å². The van der Waals surface area contributed by atoms with Gasteiger partial charge in [0.05, 0.1) is 42.2 Å². The number of likely N-dealkylation sites (N-methyl/N-ethyl adjacent to an activating group) is 1. The number of carbonyl (C=O) groups excluding carboxylic acids is 4. The molecule has 51 heavy (non-hydrogen) atoms. The van der Waals surface area contributed by atoms with Gasteiger partial charge in [-0.05, 0) is 43.9 Å². The summed E-state index contributed by atoms with van der Waals surface area (Å²) in [4.78, 5) is 55.9. The van der Waals surface area contributed by atoms with E-state index in [2.05, 4.69) is 4.90 Å². The van der Waals surface area contributed by atoms with E-state index in [9.17, 15) is 29.4 Å². The molecule has 13 heteroatoms. The highest BCUT2D eigenvalue weighted by Crippen LogP contribution is 2.80. The summed E-state index contributed by atoms with van der Waals surface area (Å²) in [5, 5.41) is 26.7. The summed E-state index contributed by atoms with van der Waals surface area (Å²) in [6.45, 7) is 6.10. The van der Waals surface area contributed by atoms with E-state index in [1.165, 1.54) is 6.92 Å². The number of piperidine rings is 1. The number of amides is 2. The molecule has 7 aliphatic rings. The number of hydrogen-bond acceptors (Lipinski definition) is 12. The Labute approximate surface area is 297 Å². The van der Waals surface area contributed by atoms with Gasteiger partial charge in [-0.1, -0.05) is 26.0 Å². The van der Waals surface area contributed by atoms with Crippen LogP contribution in [0.1, 0.15) is 63.2 Å². The maximum Gasteiger partial charge on any atom is 0.340 e. The van der Waals surface area contributed by atoms with Crippen molar-refractivity contribution in [2.24, 2.45) is 40.4 Å². The van der Waals surface area contributed by atoms with E-state index in [4.69, 9.17) is 23.7 Å². The second kappa shape index (κ2) is 11.8. The lowest BCUT2D eigenvalue weighted by atomic mass is 9.42. The van der Waals surface area contributed by atoms with Crippen molar-refractivity contribution >= 4 is 29.4 Å². The molecule has 2 saturated heterocycles. The Balaban J connectivity index is 1.24. The van der Waals surface area contributed by atoms with Crippen LogP contribution in [-0.2, 0) is 38.1 Å². The number of para-hydroxylation sites is 1. The van der Waals surface area contributed by atoms with E-state index in [0.717, 1.165) is 4.90 Å². The van der Waals surface area contributed by atoms with Gasteiger partial charge in [-0.2, -0.15) is 0 Å². The molecule has 0 unspecified atom stereocenters. The Hall–Kier alpha value is -2.94. The van der Waals surface area contributed by atoms with Crippen LogP contribution in [0.5, 0.6) is 0 Å². The number of imide groups is 1. The predicted octanol–water partition coefficient (Wildman–Crippen LogP) is 1.95. The van der Waals surface area contributed by atoms with Crippen LogP contribution in [0.4, 0.5) is 5.69 Å². The number of carbonyl (C=O) groups is 4. The Morgan fingerprint density at radius 2 is 1.80 bits per heavy atom. The third-order valence-corrected chi connectivity index (χ3v) is 14.6. The molecule has 0 aromatic heterocycles. The number of aliphatic hydroxyl groups is 2. The molecule has 1 spiro atoms. The zero-order valence-electron chi connectivity index (χ0n) is 30.2. The lowest BCUT2D eigenvalue weighted by Crippen LogP contribution is -2.82. The second-order valence-electron chi connectivity index (χ2n) is 16.3. The molecule has 8 rings (SSSR count). The number of esters is 2. The van der Waals surface area contributed by atoms with Crippen LogP contribution in [0.2, 0.25) is 0 Å². The van der Waals surface area contributed by atoms with Crippen LogP contribution in [0.15, 0.2) is 24.3 Å². The summed E-state index contributed by atoms with van der Waals surface area (Å²) < 4.78 is 31.1. The molecule has 0 radical (unpaired) electrons. The molecule has 7 fully saturated rings. The highest BCUT2D eigenvalue weighted by molar-refractivity contribution is 6.22. The number of rotatable bonds is 9. The summed E-state index contributed by atoms with van der Waals surface area (Å²) in [5.41, 5.74) is -4.72. The van der Waals surface area contributed by atoms with Crippen molar-refractivity contribution in [2.75, 3.05) is 45.9 Å². The minimum atomic E-state index is -1.82. The first-order chi connectivity index (χ1) is 24.3. The van der Waals surface area contributed by atoms with E-state index < -0.39 is 76.1 Å². The fourth-order valence-electron chi connectivity index (χ4n) is 13.2. The Bertz CT molecular complexity index is 1650. The molecule has 7 bridgehead atoms. The number of hydrogen-bond donors (Lipinski definition) is 2. The van der Waals surface area contributed by atoms with Gasteiger partial charge < -0.3 is 33.9 Å². The third-order valence-electron chi connectivity index (χ3n) is 14.6. The van der Waals surface area contributed by atoms with Gasteiger partial charge in [0, 0.05) is 82.1 Å². The van der Waals surface area contributed by atoms with Crippen molar-refractivity contribution in [3.8, 4) is 0 Å². The van der Waals surface area contributed by atoms with Crippen LogP contribution in [-0.4, -0.2) is 122 Å². The fraction of sp³-hybridized carbons (Fsp3) is 0.737. The van der Waals surface area contributed by atoms with E-state index in [-0.39, 0.29) is 60.5 Å². The fourth-order valence-corrected chi connectivity index (χ4v) is 13.2. The van der Waals surface area contributed by atoms with Crippen molar-refractivity contribution in [1.82, 2.24) is 4.90 Å². The second-order valence-corrected chi connectivity index (χ2v) is 16.3. The van der Waals surface area contributed by atoms with Gasteiger partial charge in [-0.3, -0.25) is 19.3 Å². The molecule has 2 aliphatic heterocycles. The Morgan fingerprint density at radius 1 is 1.06 bits per heavy atom. The molecule has 1 aromatic rings. The van der Waals surface area contributed by atoms with Crippen molar-refractivity contribution in [1.29, 1.82) is 0 Å². The summed E-state index contributed by atoms with van der Waals surface area (Å²) in [7, 11) is 4.85. The summed E-state index contributed by atoms with van der Waals surface area (Å²) >= 11 is 0. The van der Waals surface area contributed by atoms with Crippen LogP contribution >= 0.6 is 0 Å². The van der Waals surface area contributed by atoms with Gasteiger partial charge in [-0.15, -0.1) is 0 Å². The molecule has 278 valence electrons. The first kappa shape index (κ1) is 35.1. The molecular formula is C38H50N2O11. The molecule has 5 aliphatic carbocycles. The quantitative estimate of drug-likeness (QED) is 0.284. The number of anilines is 1. The van der Waals surface area contributed by atoms with Crippen molar-refractivity contribution in [3.63, 3.8) is 0 Å². The molecular weight excluding hydrogens is 660 g/mol. The number of nitrogens with zero attached hydrogens (tertiary/aromatic N) is 2. The maximum atomic E-state index is 14.1. The molecule has 2 heterocycles. The number of fused-ring (bicyclic) bond motifs is 2. The van der Waals surface area contributed by atoms with E-state index in [1.54, 1.807) is 52.5 Å². The Kier molecular flexibility index (Phi) is 8.11. The average Bonchev–Trinajstić information content (AvgIpc) is 3.61. The number of methoxy groups -OCH3 is 3. The number of benzene rings is 1. The zero-order chi connectivity index (χ0) is 36.4. The van der Waals surface area contributed by atoms with Crippen LogP contribution in [0.25, 0.3) is 0 Å². The minimum Gasteiger partial charge on any atom is -0.462 e. The van der Waals surface area contributed by atoms with E-state index in [0.29, 0.717) is 32.4 Å². The normalized spacial score (nSPS) is 46.4. The summed E-state index contributed by atoms with van der Waals surface area (Å²) in [6, 6.07) is 5.95. The summed E-state index contributed by atoms with van der Waals surface area (Å²) in [5.74, 6) is -3.74. The number of ether oxygens (including phenoxy) is 5. The first-order valence-electron chi connectivity index (χ1n) is 18.4. The lowest BCUT2D eigenvalue weighted by Gasteiger charge is -2.70. The van der Waals surface area contributed by atoms with Crippen molar-refractivity contribution in [2.45, 2.75) is 94.5 Å². The predicted molar refractivity (Wildman–Crippen MR) is 179 cm³/mol. The van der Waals surface area contributed by atoms with Gasteiger partial charge in [0.1, 0.15) is 17.3 Å². The van der Waals surface area contributed by atoms with Gasteiger partial charge in [0.25, 0.3) is 0 Å². The monoisotopic (exact) mass is 710 g/mol. The first-order valence-corrected chi connectivity index (χ1v) is 18.4. The van der Waals surface area contributed by atoms with Crippen LogP contribution in [0.3, 0.4) is 0 Å². The lowest BCUT2D eigenvalue weighted by molar-refractivity contribution is -0.319. The van der Waals surface area contributed by atoms with Crippen LogP contribution < -0.4 is 4.90 Å². The molecule has 5 saturated carbocycles. The smallest absolute Gasteiger partial charge is 0.340 e. The minimum absolute atomic E-state index is 0.0201. The maximum absolute atomic E-state index is 14.1. The van der Waals surface area contributed by atoms with Gasteiger partial charge in [0.2, 0.25) is 11.8 Å². The summed E-state index contributed by atoms with van der Waals surface area (Å²) in [6.07, 6.45) is -0.303. The van der Waals surface area contributed by atoms with Crippen molar-refractivity contribution < 1.29 is 53.1 Å². The topological polar surface area (TPSA) is 161 Å². The van der Waals surface area contributed by atoms with E-state index in [1.807, 2.05) is 6.92 Å². The van der Waals surface area contributed by atoms with Crippen molar-refractivity contribution in [3.05, 3.63) is 29.8 Å². The SMILES string of the molecule is CCN1C[C@]2(COC(=O)c3ccccc3N3C(=O)C[C@H](C)C3=O)CC[C@@H](OC)[C@]34[C@H]5C[C@H]6[C@H](OC(C)=O)[C@@H]5[C@](O)(C[C@@H]6OC)[C@@](O)([C@@H](OC)[C@@H]23)[C@@H]14. The number of likely N-dealkylation sites (tertiary alicyclic amines) is 1. The van der Waals surface area contributed by atoms with E-state index >= 15 is 0 Å². The molecule has 14 atom stereocenters. The zero-order valence-corrected chi connectivity index (χ0v) is 30.2. The van der Waals surface area contributed by atoms with Gasteiger partial charge in [-0.25, -0.2) is 9.69 Å². The average molecular weight is 711 g/mol. The molecule has 2 amide bonds. The standard InChI is InChI=1S/C38H50N2O11/c1-7-39-17-35(18-50-33(44)21-10-8-9-11-24(21)40-27(42)14-19(2)32(40)43)13-12-26(48-5)37-23-15-22-25(47-4)16-36(45,28(23)29(22)51-20(3)41)38(46,34(37)39)31(49-6)30(35)37/h8-11,19,22-23,25-26,28-31,34,45-46H,7,12-18H2,1-6H3/t19-,22+,23-,25-,26+,28+,29-,30-,31-,34-,35-,36+,37+,38+/m0/s1. The molecule has 13 nitrogen and oxygen atoms in total. The molecule has 2 N–H and O–H groups in total.